The van der Waals surface area contributed by atoms with Gasteiger partial charge in [0.05, 0.1) is 12.0 Å². The quantitative estimate of drug-likeness (QED) is 0.427. The summed E-state index contributed by atoms with van der Waals surface area (Å²) in [5.74, 6) is -5.76. The van der Waals surface area contributed by atoms with E-state index in [1.54, 1.807) is 0 Å². The lowest BCUT2D eigenvalue weighted by Crippen LogP contribution is -2.54. The lowest BCUT2D eigenvalue weighted by molar-refractivity contribution is -0.154. The van der Waals surface area contributed by atoms with Crippen LogP contribution in [0.2, 0.25) is 5.02 Å². The van der Waals surface area contributed by atoms with E-state index >= 15 is 0 Å². The SMILES string of the molecule is COC(=O)C1C(=O)NC(=O)C12c1ccccc1S(=O)(=O)N2Cc1c(F)cccc1Cl. The molecule has 2 heterocycles. The van der Waals surface area contributed by atoms with E-state index in [1.165, 1.54) is 36.4 Å². The van der Waals surface area contributed by atoms with Crippen molar-refractivity contribution in [3.8, 4) is 0 Å². The van der Waals surface area contributed by atoms with Crippen molar-refractivity contribution in [2.45, 2.75) is 17.0 Å². The zero-order chi connectivity index (χ0) is 21.8. The molecule has 2 aliphatic rings. The highest BCUT2D eigenvalue weighted by Gasteiger charge is 2.70. The molecule has 156 valence electrons. The number of halogens is 2. The Morgan fingerprint density at radius 1 is 1.23 bits per heavy atom. The molecule has 30 heavy (non-hydrogen) atoms. The van der Waals surface area contributed by atoms with Crippen molar-refractivity contribution in [1.29, 1.82) is 0 Å². The number of ether oxygens (including phenoxy) is 1. The van der Waals surface area contributed by atoms with Gasteiger partial charge in [0.25, 0.3) is 5.91 Å². The largest absolute Gasteiger partial charge is 0.468 e. The van der Waals surface area contributed by atoms with Crippen LogP contribution in [0, 0.1) is 11.7 Å². The molecule has 0 aliphatic carbocycles. The molecule has 0 radical (unpaired) electrons. The van der Waals surface area contributed by atoms with Crippen molar-refractivity contribution in [2.24, 2.45) is 5.92 Å². The van der Waals surface area contributed by atoms with E-state index in [4.69, 9.17) is 16.3 Å². The normalized spacial score (nSPS) is 24.7. The zero-order valence-electron chi connectivity index (χ0n) is 15.4. The Morgan fingerprint density at radius 2 is 1.93 bits per heavy atom. The van der Waals surface area contributed by atoms with Gasteiger partial charge in [0, 0.05) is 22.7 Å². The van der Waals surface area contributed by atoms with Crippen LogP contribution in [-0.2, 0) is 41.2 Å². The molecule has 11 heteroatoms. The number of imide groups is 1. The lowest BCUT2D eigenvalue weighted by atomic mass is 9.79. The molecule has 2 amide bonds. The molecule has 2 aromatic rings. The lowest BCUT2D eigenvalue weighted by Gasteiger charge is -2.34. The molecule has 1 fully saturated rings. The number of nitrogens with zero attached hydrogens (tertiary/aromatic N) is 1. The number of carbonyl (C=O) groups is 3. The van der Waals surface area contributed by atoms with Crippen molar-refractivity contribution in [2.75, 3.05) is 7.11 Å². The summed E-state index contributed by atoms with van der Waals surface area (Å²) in [7, 11) is -3.40. The number of hydrogen-bond acceptors (Lipinski definition) is 6. The Balaban J connectivity index is 2.04. The predicted molar refractivity (Wildman–Crippen MR) is 101 cm³/mol. The van der Waals surface area contributed by atoms with E-state index in [0.29, 0.717) is 4.31 Å². The third-order valence-electron chi connectivity index (χ3n) is 5.32. The molecule has 8 nitrogen and oxygen atoms in total. The molecule has 0 saturated carbocycles. The number of benzene rings is 2. The van der Waals surface area contributed by atoms with Crippen LogP contribution in [-0.4, -0.2) is 37.6 Å². The van der Waals surface area contributed by atoms with Crippen LogP contribution in [0.25, 0.3) is 0 Å². The van der Waals surface area contributed by atoms with E-state index in [1.807, 2.05) is 5.32 Å². The smallest absolute Gasteiger partial charge is 0.321 e. The van der Waals surface area contributed by atoms with Gasteiger partial charge in [-0.25, -0.2) is 12.8 Å². The molecule has 4 rings (SSSR count). The number of hydrogen-bond donors (Lipinski definition) is 1. The van der Waals surface area contributed by atoms with Gasteiger partial charge in [-0.15, -0.1) is 0 Å². The summed E-state index contributed by atoms with van der Waals surface area (Å²) in [5, 5.41) is 1.95. The molecule has 1 saturated heterocycles. The van der Waals surface area contributed by atoms with E-state index in [2.05, 4.69) is 0 Å². The summed E-state index contributed by atoms with van der Waals surface area (Å²) < 4.78 is 46.6. The molecule has 2 unspecified atom stereocenters. The molecule has 2 atom stereocenters. The summed E-state index contributed by atoms with van der Waals surface area (Å²) in [6.07, 6.45) is 0. The van der Waals surface area contributed by atoms with Gasteiger partial charge in [0.15, 0.2) is 11.5 Å². The standard InChI is InChI=1S/C19H14ClFN2O6S/c1-29-17(25)15-16(24)22-18(26)19(15)11-5-2-3-8-14(11)30(27,28)23(19)9-10-12(20)6-4-7-13(10)21/h2-8,15H,9H2,1H3,(H,22,24,26). The number of rotatable bonds is 3. The number of methoxy groups -OCH3 is 1. The first kappa shape index (κ1) is 20.5. The van der Waals surface area contributed by atoms with E-state index in [-0.39, 0.29) is 21.0 Å². The number of carbonyl (C=O) groups excluding carboxylic acids is 3. The molecule has 2 aliphatic heterocycles. The maximum absolute atomic E-state index is 14.5. The molecule has 2 aromatic carbocycles. The fraction of sp³-hybridized carbons (Fsp3) is 0.211. The average Bonchev–Trinajstić information content (AvgIpc) is 3.07. The molecule has 0 aromatic heterocycles. The second-order valence-electron chi connectivity index (χ2n) is 6.75. The summed E-state index contributed by atoms with van der Waals surface area (Å²) in [6.45, 7) is -0.684. The van der Waals surface area contributed by atoms with Crippen LogP contribution >= 0.6 is 11.6 Å². The van der Waals surface area contributed by atoms with Gasteiger partial charge in [0.2, 0.25) is 15.9 Å². The molecule has 1 N–H and O–H groups in total. The van der Waals surface area contributed by atoms with Crippen molar-refractivity contribution in [3.63, 3.8) is 0 Å². The Hall–Kier alpha value is -2.82. The first-order chi connectivity index (χ1) is 14.2. The topological polar surface area (TPSA) is 110 Å². The van der Waals surface area contributed by atoms with Gasteiger partial charge in [-0.2, -0.15) is 4.31 Å². The average molecular weight is 453 g/mol. The number of amides is 2. The first-order valence-corrected chi connectivity index (χ1v) is 10.5. The Labute approximate surface area is 175 Å². The minimum atomic E-state index is -4.41. The second-order valence-corrected chi connectivity index (χ2v) is 8.99. The molecule has 0 bridgehead atoms. The first-order valence-electron chi connectivity index (χ1n) is 8.65. The molecular weight excluding hydrogens is 439 g/mol. The van der Waals surface area contributed by atoms with Crippen molar-refractivity contribution >= 4 is 39.4 Å². The summed E-state index contributed by atoms with van der Waals surface area (Å²) in [5.41, 5.74) is -2.55. The van der Waals surface area contributed by atoms with Gasteiger partial charge in [-0.1, -0.05) is 35.9 Å². The number of sulfonamides is 1. The van der Waals surface area contributed by atoms with Gasteiger partial charge < -0.3 is 4.74 Å². The number of esters is 1. The minimum Gasteiger partial charge on any atom is -0.468 e. The third-order valence-corrected chi connectivity index (χ3v) is 7.59. The molecule has 1 spiro atoms. The fourth-order valence-electron chi connectivity index (χ4n) is 4.02. The van der Waals surface area contributed by atoms with Gasteiger partial charge >= 0.3 is 5.97 Å². The zero-order valence-corrected chi connectivity index (χ0v) is 17.0. The monoisotopic (exact) mass is 452 g/mol. The maximum atomic E-state index is 14.5. The van der Waals surface area contributed by atoms with Crippen molar-refractivity contribution in [1.82, 2.24) is 9.62 Å². The van der Waals surface area contributed by atoms with Crippen LogP contribution < -0.4 is 5.32 Å². The second kappa shape index (κ2) is 6.86. The highest BCUT2D eigenvalue weighted by molar-refractivity contribution is 7.89. The van der Waals surface area contributed by atoms with Crippen molar-refractivity contribution in [3.05, 3.63) is 64.4 Å². The Morgan fingerprint density at radius 3 is 2.60 bits per heavy atom. The summed E-state index contributed by atoms with van der Waals surface area (Å²) >= 11 is 6.08. The van der Waals surface area contributed by atoms with Crippen LogP contribution in [0.5, 0.6) is 0 Å². The Kier molecular flexibility index (Phi) is 4.68. The maximum Gasteiger partial charge on any atom is 0.321 e. The highest BCUT2D eigenvalue weighted by atomic mass is 35.5. The number of fused-ring (bicyclic) bond motifs is 2. The van der Waals surface area contributed by atoms with Crippen LogP contribution in [0.3, 0.4) is 0 Å². The Bertz CT molecular complexity index is 1200. The predicted octanol–water partition coefficient (Wildman–Crippen LogP) is 1.32. The fourth-order valence-corrected chi connectivity index (χ4v) is 6.19. The summed E-state index contributed by atoms with van der Waals surface area (Å²) in [4.78, 5) is 37.9. The van der Waals surface area contributed by atoms with Gasteiger partial charge in [0.1, 0.15) is 5.82 Å². The minimum absolute atomic E-state index is 0.0730. The van der Waals surface area contributed by atoms with Crippen LogP contribution in [0.15, 0.2) is 47.4 Å². The highest BCUT2D eigenvalue weighted by Crippen LogP contribution is 2.52. The van der Waals surface area contributed by atoms with E-state index in [9.17, 15) is 27.2 Å². The van der Waals surface area contributed by atoms with E-state index < -0.39 is 51.6 Å². The van der Waals surface area contributed by atoms with Crippen molar-refractivity contribution < 1.29 is 31.9 Å². The number of nitrogens with one attached hydrogen (secondary N) is 1. The van der Waals surface area contributed by atoms with E-state index in [0.717, 1.165) is 13.2 Å². The van der Waals surface area contributed by atoms with Crippen LogP contribution in [0.1, 0.15) is 11.1 Å². The van der Waals surface area contributed by atoms with Crippen LogP contribution in [0.4, 0.5) is 4.39 Å². The summed E-state index contributed by atoms with van der Waals surface area (Å²) in [6, 6.07) is 9.28. The third kappa shape index (κ3) is 2.54. The van der Waals surface area contributed by atoms with Gasteiger partial charge in [-0.3, -0.25) is 19.7 Å². The molecular formula is C19H14ClFN2O6S. The van der Waals surface area contributed by atoms with Gasteiger partial charge in [-0.05, 0) is 18.2 Å².